The average molecular weight is 380 g/mol. The van der Waals surface area contributed by atoms with Gasteiger partial charge >= 0.3 is 5.97 Å². The predicted octanol–water partition coefficient (Wildman–Crippen LogP) is 2.56. The van der Waals surface area contributed by atoms with E-state index in [1.807, 2.05) is 6.92 Å². The second-order valence-corrected chi connectivity index (χ2v) is 6.30. The molecule has 1 aromatic carbocycles. The van der Waals surface area contributed by atoms with Crippen LogP contribution in [0.4, 0.5) is 5.69 Å². The molecule has 1 saturated heterocycles. The Kier molecular flexibility index (Phi) is 6.98. The molecule has 1 atom stereocenters. The fourth-order valence-electron chi connectivity index (χ4n) is 3.03. The number of nitro groups is 1. The number of nitro benzene ring substituents is 1. The Morgan fingerprint density at radius 2 is 2.04 bits per heavy atom. The number of benzene rings is 1. The van der Waals surface area contributed by atoms with Crippen LogP contribution in [0.25, 0.3) is 0 Å². The predicted molar refractivity (Wildman–Crippen MR) is 96.1 cm³/mol. The van der Waals surface area contributed by atoms with E-state index in [0.29, 0.717) is 13.0 Å². The third-order valence-electron chi connectivity index (χ3n) is 4.53. The number of amides is 1. The van der Waals surface area contributed by atoms with Crippen LogP contribution in [0.2, 0.25) is 0 Å². The molecule has 1 aliphatic heterocycles. The molecule has 9 nitrogen and oxygen atoms in total. The minimum Gasteiger partial charge on any atom is -0.493 e. The van der Waals surface area contributed by atoms with Crippen LogP contribution in [0, 0.1) is 10.1 Å². The van der Waals surface area contributed by atoms with Crippen LogP contribution in [0.3, 0.4) is 0 Å². The Morgan fingerprint density at radius 3 is 2.59 bits per heavy atom. The van der Waals surface area contributed by atoms with Gasteiger partial charge in [-0.1, -0.05) is 0 Å². The van der Waals surface area contributed by atoms with Gasteiger partial charge in [-0.2, -0.15) is 0 Å². The van der Waals surface area contributed by atoms with Crippen molar-refractivity contribution in [3.63, 3.8) is 0 Å². The summed E-state index contributed by atoms with van der Waals surface area (Å²) >= 11 is 0. The number of ether oxygens (including phenoxy) is 3. The minimum absolute atomic E-state index is 0.0208. The lowest BCUT2D eigenvalue weighted by atomic mass is 10.1. The average Bonchev–Trinajstić information content (AvgIpc) is 3.09. The van der Waals surface area contributed by atoms with Crippen LogP contribution in [0.5, 0.6) is 11.5 Å². The standard InChI is InChI=1S/C18H24N2O7/c1-12-6-4-8-19(12)18(22)13-10-15(25-2)16(11-14(13)20(23)24)27-9-5-7-17(21)26-3/h10-12H,4-9H2,1-3H3/t12-/m1/s1. The lowest BCUT2D eigenvalue weighted by Crippen LogP contribution is -2.34. The highest BCUT2D eigenvalue weighted by Crippen LogP contribution is 2.36. The quantitative estimate of drug-likeness (QED) is 0.295. The molecule has 0 N–H and O–H groups in total. The number of hydrogen-bond donors (Lipinski definition) is 0. The molecule has 148 valence electrons. The summed E-state index contributed by atoms with van der Waals surface area (Å²) in [4.78, 5) is 36.5. The van der Waals surface area contributed by atoms with Gasteiger partial charge in [0.1, 0.15) is 5.56 Å². The highest BCUT2D eigenvalue weighted by molar-refractivity contribution is 5.99. The van der Waals surface area contributed by atoms with Crippen molar-refractivity contribution in [1.82, 2.24) is 4.90 Å². The molecule has 2 rings (SSSR count). The zero-order valence-corrected chi connectivity index (χ0v) is 15.7. The van der Waals surface area contributed by atoms with Crippen LogP contribution in [-0.2, 0) is 9.53 Å². The van der Waals surface area contributed by atoms with E-state index in [0.717, 1.165) is 12.8 Å². The summed E-state index contributed by atoms with van der Waals surface area (Å²) in [6.45, 7) is 2.65. The van der Waals surface area contributed by atoms with Gasteiger partial charge in [-0.15, -0.1) is 0 Å². The van der Waals surface area contributed by atoms with E-state index in [2.05, 4.69) is 4.74 Å². The molecule has 0 aliphatic carbocycles. The molecule has 1 amide bonds. The van der Waals surface area contributed by atoms with Gasteiger partial charge in [0.05, 0.1) is 31.8 Å². The van der Waals surface area contributed by atoms with Crippen LogP contribution in [0.1, 0.15) is 43.0 Å². The maximum Gasteiger partial charge on any atom is 0.305 e. The third kappa shape index (κ3) is 4.87. The van der Waals surface area contributed by atoms with Gasteiger partial charge in [-0.25, -0.2) is 0 Å². The second kappa shape index (κ2) is 9.20. The van der Waals surface area contributed by atoms with E-state index >= 15 is 0 Å². The van der Waals surface area contributed by atoms with E-state index in [4.69, 9.17) is 9.47 Å². The van der Waals surface area contributed by atoms with Crippen molar-refractivity contribution in [2.45, 2.75) is 38.6 Å². The van der Waals surface area contributed by atoms with Crippen molar-refractivity contribution in [3.05, 3.63) is 27.8 Å². The van der Waals surface area contributed by atoms with Crippen LogP contribution < -0.4 is 9.47 Å². The summed E-state index contributed by atoms with van der Waals surface area (Å²) in [6, 6.07) is 2.59. The van der Waals surface area contributed by atoms with Gasteiger partial charge in [0.25, 0.3) is 11.6 Å². The molecule has 1 heterocycles. The summed E-state index contributed by atoms with van der Waals surface area (Å²) in [7, 11) is 2.70. The Hall–Kier alpha value is -2.84. The number of likely N-dealkylation sites (tertiary alicyclic amines) is 1. The SMILES string of the molecule is COC(=O)CCCOc1cc([N+](=O)[O-])c(C(=O)N2CCC[C@H]2C)cc1OC. The Labute approximate surface area is 157 Å². The Bertz CT molecular complexity index is 720. The van der Waals surface area contributed by atoms with Crippen LogP contribution in [0.15, 0.2) is 12.1 Å². The van der Waals surface area contributed by atoms with Gasteiger partial charge in [0.15, 0.2) is 11.5 Å². The number of methoxy groups -OCH3 is 2. The monoisotopic (exact) mass is 380 g/mol. The highest BCUT2D eigenvalue weighted by atomic mass is 16.6. The van der Waals surface area contributed by atoms with Crippen molar-refractivity contribution in [1.29, 1.82) is 0 Å². The number of rotatable bonds is 8. The fourth-order valence-corrected chi connectivity index (χ4v) is 3.03. The van der Waals surface area contributed by atoms with Crippen LogP contribution >= 0.6 is 0 Å². The summed E-state index contributed by atoms with van der Waals surface area (Å²) in [5.41, 5.74) is -0.352. The lowest BCUT2D eigenvalue weighted by molar-refractivity contribution is -0.385. The normalized spacial score (nSPS) is 16.1. The zero-order valence-electron chi connectivity index (χ0n) is 15.7. The van der Waals surface area contributed by atoms with Crippen molar-refractivity contribution in [2.24, 2.45) is 0 Å². The van der Waals surface area contributed by atoms with Crippen molar-refractivity contribution >= 4 is 17.6 Å². The first-order valence-electron chi connectivity index (χ1n) is 8.76. The van der Waals surface area contributed by atoms with Crippen LogP contribution in [-0.4, -0.2) is 55.1 Å². The van der Waals surface area contributed by atoms with E-state index in [-0.39, 0.29) is 53.7 Å². The van der Waals surface area contributed by atoms with E-state index in [1.165, 1.54) is 26.4 Å². The number of carbonyl (C=O) groups is 2. The molecule has 0 radical (unpaired) electrons. The molecule has 0 bridgehead atoms. The van der Waals surface area contributed by atoms with E-state index in [1.54, 1.807) is 4.90 Å². The number of nitrogens with zero attached hydrogens (tertiary/aromatic N) is 2. The molecule has 0 unspecified atom stereocenters. The fraction of sp³-hybridized carbons (Fsp3) is 0.556. The number of hydrogen-bond acceptors (Lipinski definition) is 7. The van der Waals surface area contributed by atoms with Gasteiger partial charge < -0.3 is 19.1 Å². The summed E-state index contributed by atoms with van der Waals surface area (Å²) in [6.07, 6.45) is 2.30. The molecule has 9 heteroatoms. The van der Waals surface area contributed by atoms with Gasteiger partial charge in [-0.3, -0.25) is 19.7 Å². The van der Waals surface area contributed by atoms with Gasteiger partial charge in [0.2, 0.25) is 0 Å². The summed E-state index contributed by atoms with van der Waals surface area (Å²) in [5, 5.41) is 11.5. The second-order valence-electron chi connectivity index (χ2n) is 6.30. The van der Waals surface area contributed by atoms with Gasteiger partial charge in [-0.05, 0) is 26.2 Å². The first kappa shape index (κ1) is 20.5. The van der Waals surface area contributed by atoms with E-state index < -0.39 is 4.92 Å². The Morgan fingerprint density at radius 1 is 1.30 bits per heavy atom. The molecule has 1 fully saturated rings. The molecule has 1 aromatic rings. The molecule has 0 saturated carbocycles. The molecule has 1 aliphatic rings. The van der Waals surface area contributed by atoms with Crippen molar-refractivity contribution < 1.29 is 28.7 Å². The first-order valence-corrected chi connectivity index (χ1v) is 8.76. The summed E-state index contributed by atoms with van der Waals surface area (Å²) < 4.78 is 15.3. The minimum atomic E-state index is -0.602. The van der Waals surface area contributed by atoms with E-state index in [9.17, 15) is 19.7 Å². The maximum atomic E-state index is 12.8. The lowest BCUT2D eigenvalue weighted by Gasteiger charge is -2.22. The molecule has 0 spiro atoms. The smallest absolute Gasteiger partial charge is 0.305 e. The molecular weight excluding hydrogens is 356 g/mol. The van der Waals surface area contributed by atoms with Crippen molar-refractivity contribution in [3.8, 4) is 11.5 Å². The first-order chi connectivity index (χ1) is 12.9. The summed E-state index contributed by atoms with van der Waals surface area (Å²) in [5.74, 6) is -0.367. The van der Waals surface area contributed by atoms with Gasteiger partial charge in [0, 0.05) is 25.1 Å². The highest BCUT2D eigenvalue weighted by Gasteiger charge is 2.32. The van der Waals surface area contributed by atoms with Crippen molar-refractivity contribution in [2.75, 3.05) is 27.4 Å². The topological polar surface area (TPSA) is 108 Å². The molecule has 0 aromatic heterocycles. The molecular formula is C18H24N2O7. The third-order valence-corrected chi connectivity index (χ3v) is 4.53. The zero-order chi connectivity index (χ0) is 20.0. The number of esters is 1. The largest absolute Gasteiger partial charge is 0.493 e. The number of carbonyl (C=O) groups excluding carboxylic acids is 2. The Balaban J connectivity index is 2.24. The molecule has 27 heavy (non-hydrogen) atoms. The maximum absolute atomic E-state index is 12.8.